The molecule has 2 bridgehead atoms. The molecule has 0 saturated carbocycles. The lowest BCUT2D eigenvalue weighted by Crippen LogP contribution is -2.41. The lowest BCUT2D eigenvalue weighted by molar-refractivity contribution is 0.302. The number of rotatable bonds is 0. The molecule has 0 aromatic rings. The monoisotopic (exact) mass is 129 g/mol. The van der Waals surface area contributed by atoms with Gasteiger partial charge in [0.2, 0.25) is 0 Å². The van der Waals surface area contributed by atoms with Crippen LogP contribution in [0.4, 0.5) is 0 Å². The van der Waals surface area contributed by atoms with E-state index in [1.54, 1.807) is 18.5 Å². The number of fused-ring (bicyclic) bond motifs is 3. The summed E-state index contributed by atoms with van der Waals surface area (Å²) < 4.78 is 0. The maximum atomic E-state index is 2.60. The molecule has 3 heterocycles. The molecule has 3 rings (SSSR count). The quantitative estimate of drug-likeness (QED) is 0.437. The Morgan fingerprint density at radius 1 is 0.875 bits per heavy atom. The Morgan fingerprint density at radius 3 is 1.50 bits per heavy atom. The molecule has 2 heteroatoms. The molecule has 3 saturated heterocycles. The Balaban J connectivity index is 2.03. The van der Waals surface area contributed by atoms with Crippen LogP contribution in [-0.2, 0) is 0 Å². The summed E-state index contributed by atoms with van der Waals surface area (Å²) in [6.07, 6.45) is 4.65. The molecule has 1 nitrogen and oxygen atoms in total. The van der Waals surface area contributed by atoms with Gasteiger partial charge in [0.05, 0.1) is 0 Å². The molecule has 0 N–H and O–H groups in total. The van der Waals surface area contributed by atoms with Crippen molar-refractivity contribution in [2.45, 2.75) is 0 Å². The fourth-order valence-corrected chi connectivity index (χ4v) is 3.89. The van der Waals surface area contributed by atoms with Crippen LogP contribution < -0.4 is 0 Å². The van der Waals surface area contributed by atoms with Gasteiger partial charge in [0.25, 0.3) is 0 Å². The minimum absolute atomic E-state index is 0.555. The second kappa shape index (κ2) is 1.97. The minimum Gasteiger partial charge on any atom is -0.302 e. The number of hydrogen-bond donors (Lipinski definition) is 0. The molecule has 3 fully saturated rings. The first-order valence-corrected chi connectivity index (χ1v) is 5.29. The van der Waals surface area contributed by atoms with Crippen molar-refractivity contribution in [3.8, 4) is 0 Å². The van der Waals surface area contributed by atoms with Crippen LogP contribution in [0.3, 0.4) is 0 Å². The van der Waals surface area contributed by atoms with Gasteiger partial charge in [-0.15, -0.1) is 7.92 Å². The van der Waals surface area contributed by atoms with E-state index >= 15 is 0 Å². The molecule has 0 aromatic heterocycles. The molecule has 0 unspecified atom stereocenters. The summed E-state index contributed by atoms with van der Waals surface area (Å²) in [5.41, 5.74) is 0. The molecule has 0 aromatic carbocycles. The van der Waals surface area contributed by atoms with E-state index in [1.807, 2.05) is 0 Å². The van der Waals surface area contributed by atoms with E-state index in [0.29, 0.717) is 7.92 Å². The number of hydrogen-bond acceptors (Lipinski definition) is 1. The molecule has 0 aliphatic carbocycles. The Morgan fingerprint density at radius 2 is 1.38 bits per heavy atom. The van der Waals surface area contributed by atoms with Gasteiger partial charge >= 0.3 is 0 Å². The molecule has 0 atom stereocenters. The normalized spacial score (nSPS) is 45.0. The van der Waals surface area contributed by atoms with Crippen LogP contribution in [0.2, 0.25) is 0 Å². The summed E-state index contributed by atoms with van der Waals surface area (Å²) in [5, 5.41) is 0. The minimum atomic E-state index is 0.555. The maximum Gasteiger partial charge on any atom is 0.00210 e. The van der Waals surface area contributed by atoms with Gasteiger partial charge in [0.1, 0.15) is 0 Å². The van der Waals surface area contributed by atoms with Gasteiger partial charge in [-0.1, -0.05) is 0 Å². The smallest absolute Gasteiger partial charge is 0.00210 e. The fraction of sp³-hybridized carbons (Fsp3) is 1.00. The van der Waals surface area contributed by atoms with Gasteiger partial charge in [0.15, 0.2) is 0 Å². The van der Waals surface area contributed by atoms with E-state index in [-0.39, 0.29) is 0 Å². The highest BCUT2D eigenvalue weighted by Gasteiger charge is 2.23. The molecule has 0 radical (unpaired) electrons. The predicted octanol–water partition coefficient (Wildman–Crippen LogP) is 0.797. The number of nitrogens with zero attached hydrogens (tertiary/aromatic N) is 1. The molecule has 0 amide bonds. The van der Waals surface area contributed by atoms with E-state index in [1.165, 1.54) is 19.6 Å². The van der Waals surface area contributed by atoms with Crippen molar-refractivity contribution in [1.82, 2.24) is 4.90 Å². The van der Waals surface area contributed by atoms with Crippen LogP contribution in [0, 0.1) is 0 Å². The Bertz CT molecular complexity index is 63.5. The van der Waals surface area contributed by atoms with Crippen molar-refractivity contribution < 1.29 is 0 Å². The van der Waals surface area contributed by atoms with Crippen molar-refractivity contribution in [2.24, 2.45) is 0 Å². The SMILES string of the molecule is C1CP2CCN1CC2. The second-order valence-corrected chi connectivity index (χ2v) is 5.37. The lowest BCUT2D eigenvalue weighted by Gasteiger charge is -2.39. The van der Waals surface area contributed by atoms with Gasteiger partial charge < -0.3 is 4.90 Å². The first-order valence-electron chi connectivity index (χ1n) is 3.40. The molecular formula is C6H12NP. The van der Waals surface area contributed by atoms with E-state index in [0.717, 1.165) is 0 Å². The first kappa shape index (κ1) is 5.20. The zero-order chi connectivity index (χ0) is 5.40. The molecular weight excluding hydrogens is 117 g/mol. The lowest BCUT2D eigenvalue weighted by atomic mass is 10.5. The summed E-state index contributed by atoms with van der Waals surface area (Å²) in [5.74, 6) is 0. The molecule has 0 spiro atoms. The topological polar surface area (TPSA) is 3.24 Å². The summed E-state index contributed by atoms with van der Waals surface area (Å²) in [6, 6.07) is 0. The third kappa shape index (κ3) is 0.784. The maximum absolute atomic E-state index is 2.60. The molecule has 46 valence electrons. The predicted molar refractivity (Wildman–Crippen MR) is 38.0 cm³/mol. The summed E-state index contributed by atoms with van der Waals surface area (Å²) in [4.78, 5) is 2.60. The first-order chi connectivity index (χ1) is 3.95. The Labute approximate surface area is 51.8 Å². The van der Waals surface area contributed by atoms with Gasteiger partial charge in [0, 0.05) is 19.6 Å². The van der Waals surface area contributed by atoms with Crippen LogP contribution in [0.15, 0.2) is 0 Å². The van der Waals surface area contributed by atoms with Crippen molar-refractivity contribution >= 4 is 7.92 Å². The van der Waals surface area contributed by atoms with Crippen molar-refractivity contribution in [1.29, 1.82) is 0 Å². The third-order valence-electron chi connectivity index (χ3n) is 2.20. The zero-order valence-electron chi connectivity index (χ0n) is 5.14. The molecule has 3 aliphatic heterocycles. The molecule has 3 aliphatic rings. The Kier molecular flexibility index (Phi) is 1.28. The average molecular weight is 129 g/mol. The summed E-state index contributed by atoms with van der Waals surface area (Å²) in [7, 11) is 0.555. The average Bonchev–Trinajstić information content (AvgIpc) is 1.92. The Hall–Kier alpha value is 0.390. The highest BCUT2D eigenvalue weighted by Crippen LogP contribution is 2.41. The highest BCUT2D eigenvalue weighted by molar-refractivity contribution is 7.57. The van der Waals surface area contributed by atoms with Crippen molar-refractivity contribution in [3.05, 3.63) is 0 Å². The van der Waals surface area contributed by atoms with Gasteiger partial charge in [-0.25, -0.2) is 0 Å². The van der Waals surface area contributed by atoms with Crippen molar-refractivity contribution in [3.63, 3.8) is 0 Å². The highest BCUT2D eigenvalue weighted by atomic mass is 31.1. The van der Waals surface area contributed by atoms with Crippen LogP contribution in [0.25, 0.3) is 0 Å². The van der Waals surface area contributed by atoms with Crippen LogP contribution in [0.1, 0.15) is 0 Å². The summed E-state index contributed by atoms with van der Waals surface area (Å²) in [6.45, 7) is 4.27. The molecule has 8 heavy (non-hydrogen) atoms. The van der Waals surface area contributed by atoms with E-state index in [4.69, 9.17) is 0 Å². The van der Waals surface area contributed by atoms with Crippen molar-refractivity contribution in [2.75, 3.05) is 38.1 Å². The standard InChI is InChI=1S/C6H12NP/c1-4-8-5-2-7(1)3-6-8/h1-6H2. The van der Waals surface area contributed by atoms with Crippen LogP contribution in [-0.4, -0.2) is 43.0 Å². The zero-order valence-corrected chi connectivity index (χ0v) is 6.03. The third-order valence-corrected chi connectivity index (χ3v) is 4.69. The largest absolute Gasteiger partial charge is 0.302 e. The van der Waals surface area contributed by atoms with Gasteiger partial charge in [-0.2, -0.15) is 0 Å². The second-order valence-electron chi connectivity index (χ2n) is 2.68. The van der Waals surface area contributed by atoms with E-state index in [9.17, 15) is 0 Å². The van der Waals surface area contributed by atoms with E-state index < -0.39 is 0 Å². The van der Waals surface area contributed by atoms with Gasteiger partial charge in [-0.3, -0.25) is 0 Å². The van der Waals surface area contributed by atoms with E-state index in [2.05, 4.69) is 4.90 Å². The van der Waals surface area contributed by atoms with Crippen LogP contribution in [0.5, 0.6) is 0 Å². The fourth-order valence-electron chi connectivity index (χ4n) is 1.52. The van der Waals surface area contributed by atoms with Gasteiger partial charge in [-0.05, 0) is 18.5 Å². The summed E-state index contributed by atoms with van der Waals surface area (Å²) >= 11 is 0. The van der Waals surface area contributed by atoms with Crippen LogP contribution >= 0.6 is 7.92 Å².